The number of alkyl halides is 3. The zero-order valence-corrected chi connectivity index (χ0v) is 10.4. The van der Waals surface area contributed by atoms with Gasteiger partial charge in [-0.15, -0.1) is 0 Å². The van der Waals surface area contributed by atoms with Crippen LogP contribution in [0.1, 0.15) is 31.4 Å². The Morgan fingerprint density at radius 3 is 2.50 bits per heavy atom. The summed E-state index contributed by atoms with van der Waals surface area (Å²) in [7, 11) is 1.86. The maximum atomic E-state index is 12.5. The minimum absolute atomic E-state index is 0.193. The molecule has 0 aromatic carbocycles. The molecular weight excluding hydrogens is 243 g/mol. The molecule has 1 saturated carbocycles. The number of aryl methyl sites for hydroxylation is 1. The Bertz CT molecular complexity index is 378. The second-order valence-corrected chi connectivity index (χ2v) is 4.92. The van der Waals surface area contributed by atoms with E-state index in [0.29, 0.717) is 19.4 Å². The highest BCUT2D eigenvalue weighted by Crippen LogP contribution is 2.37. The predicted molar refractivity (Wildman–Crippen MR) is 61.8 cm³/mol. The molecule has 1 N–H and O–H groups in total. The van der Waals surface area contributed by atoms with Crippen LogP contribution in [-0.2, 0) is 13.6 Å². The van der Waals surface area contributed by atoms with Crippen molar-refractivity contribution in [2.75, 3.05) is 0 Å². The Hall–Kier alpha value is -1.04. The van der Waals surface area contributed by atoms with Gasteiger partial charge in [-0.05, 0) is 31.7 Å². The second kappa shape index (κ2) is 5.30. The summed E-state index contributed by atoms with van der Waals surface area (Å²) in [6.07, 6.45) is -0.617. The number of nitrogens with zero attached hydrogens (tertiary/aromatic N) is 2. The van der Waals surface area contributed by atoms with Crippen molar-refractivity contribution in [2.45, 2.75) is 44.4 Å². The molecule has 1 aliphatic carbocycles. The zero-order chi connectivity index (χ0) is 13.2. The second-order valence-electron chi connectivity index (χ2n) is 4.92. The average molecular weight is 261 g/mol. The van der Waals surface area contributed by atoms with Crippen LogP contribution in [0.3, 0.4) is 0 Å². The SMILES string of the molecule is Cn1nccc1CNC1CCC(C(F)(F)F)CC1. The third kappa shape index (κ3) is 3.25. The van der Waals surface area contributed by atoms with E-state index in [-0.39, 0.29) is 18.9 Å². The molecular formula is C12H18F3N3. The van der Waals surface area contributed by atoms with Gasteiger partial charge in [0.2, 0.25) is 0 Å². The third-order valence-electron chi connectivity index (χ3n) is 3.68. The number of halogens is 3. The highest BCUT2D eigenvalue weighted by atomic mass is 19.4. The van der Waals surface area contributed by atoms with Crippen LogP contribution in [-0.4, -0.2) is 22.0 Å². The lowest BCUT2D eigenvalue weighted by Gasteiger charge is -2.30. The Balaban J connectivity index is 1.76. The van der Waals surface area contributed by atoms with Gasteiger partial charge < -0.3 is 5.32 Å². The van der Waals surface area contributed by atoms with Crippen molar-refractivity contribution in [3.05, 3.63) is 18.0 Å². The molecule has 3 nitrogen and oxygen atoms in total. The molecule has 0 saturated heterocycles. The molecule has 0 unspecified atom stereocenters. The van der Waals surface area contributed by atoms with Crippen LogP contribution in [0.2, 0.25) is 0 Å². The zero-order valence-electron chi connectivity index (χ0n) is 10.4. The van der Waals surface area contributed by atoms with Gasteiger partial charge >= 0.3 is 6.18 Å². The highest BCUT2D eigenvalue weighted by molar-refractivity contribution is 4.99. The lowest BCUT2D eigenvalue weighted by molar-refractivity contribution is -0.182. The van der Waals surface area contributed by atoms with Gasteiger partial charge in [0.1, 0.15) is 0 Å². The van der Waals surface area contributed by atoms with Crippen molar-refractivity contribution in [3.8, 4) is 0 Å². The summed E-state index contributed by atoms with van der Waals surface area (Å²) in [6.45, 7) is 0.665. The van der Waals surface area contributed by atoms with Crippen LogP contribution in [0, 0.1) is 5.92 Å². The molecule has 1 heterocycles. The molecule has 0 bridgehead atoms. The van der Waals surface area contributed by atoms with E-state index in [1.165, 1.54) is 0 Å². The first kappa shape index (κ1) is 13.4. The Morgan fingerprint density at radius 1 is 1.33 bits per heavy atom. The fourth-order valence-corrected chi connectivity index (χ4v) is 2.45. The molecule has 1 fully saturated rings. The highest BCUT2D eigenvalue weighted by Gasteiger charge is 2.41. The Labute approximate surface area is 104 Å². The first-order chi connectivity index (χ1) is 8.47. The summed E-state index contributed by atoms with van der Waals surface area (Å²) >= 11 is 0. The van der Waals surface area contributed by atoms with Gasteiger partial charge in [-0.25, -0.2) is 0 Å². The standard InChI is InChI=1S/C12H18F3N3/c1-18-11(6-7-17-18)8-16-10-4-2-9(3-5-10)12(13,14)15/h6-7,9-10,16H,2-5,8H2,1H3. The number of hydrogen-bond acceptors (Lipinski definition) is 2. The molecule has 0 amide bonds. The summed E-state index contributed by atoms with van der Waals surface area (Å²) in [4.78, 5) is 0. The number of hydrogen-bond donors (Lipinski definition) is 1. The molecule has 102 valence electrons. The van der Waals surface area contributed by atoms with Crippen LogP contribution >= 0.6 is 0 Å². The van der Waals surface area contributed by atoms with E-state index < -0.39 is 12.1 Å². The third-order valence-corrected chi connectivity index (χ3v) is 3.68. The van der Waals surface area contributed by atoms with Crippen LogP contribution in [0.15, 0.2) is 12.3 Å². The van der Waals surface area contributed by atoms with Gasteiger partial charge in [0.15, 0.2) is 0 Å². The molecule has 18 heavy (non-hydrogen) atoms. The van der Waals surface area contributed by atoms with Gasteiger partial charge in [-0.2, -0.15) is 18.3 Å². The quantitative estimate of drug-likeness (QED) is 0.906. The molecule has 1 aliphatic rings. The molecule has 0 radical (unpaired) electrons. The molecule has 0 spiro atoms. The van der Waals surface area contributed by atoms with Gasteiger partial charge in [0.25, 0.3) is 0 Å². The number of aromatic nitrogens is 2. The fourth-order valence-electron chi connectivity index (χ4n) is 2.45. The van der Waals surface area contributed by atoms with Crippen molar-refractivity contribution >= 4 is 0 Å². The minimum atomic E-state index is -4.02. The van der Waals surface area contributed by atoms with Crippen molar-refractivity contribution in [2.24, 2.45) is 13.0 Å². The maximum Gasteiger partial charge on any atom is 0.391 e. The summed E-state index contributed by atoms with van der Waals surface area (Å²) in [5, 5.41) is 7.36. The average Bonchev–Trinajstić information content (AvgIpc) is 2.72. The molecule has 0 aliphatic heterocycles. The lowest BCUT2D eigenvalue weighted by atomic mass is 9.85. The summed E-state index contributed by atoms with van der Waals surface area (Å²) < 4.78 is 39.3. The maximum absolute atomic E-state index is 12.5. The smallest absolute Gasteiger partial charge is 0.308 e. The van der Waals surface area contributed by atoms with Crippen molar-refractivity contribution in [1.29, 1.82) is 0 Å². The topological polar surface area (TPSA) is 29.9 Å². The van der Waals surface area contributed by atoms with Crippen molar-refractivity contribution in [1.82, 2.24) is 15.1 Å². The van der Waals surface area contributed by atoms with E-state index in [4.69, 9.17) is 0 Å². The largest absolute Gasteiger partial charge is 0.391 e. The predicted octanol–water partition coefficient (Wildman–Crippen LogP) is 2.63. The van der Waals surface area contributed by atoms with Crippen LogP contribution < -0.4 is 5.32 Å². The summed E-state index contributed by atoms with van der Waals surface area (Å²) in [5.41, 5.74) is 1.05. The lowest BCUT2D eigenvalue weighted by Crippen LogP contribution is -2.36. The first-order valence-electron chi connectivity index (χ1n) is 6.24. The van der Waals surface area contributed by atoms with E-state index in [2.05, 4.69) is 10.4 Å². The van der Waals surface area contributed by atoms with Crippen molar-refractivity contribution < 1.29 is 13.2 Å². The number of nitrogens with one attached hydrogen (secondary N) is 1. The van der Waals surface area contributed by atoms with E-state index in [9.17, 15) is 13.2 Å². The molecule has 0 atom stereocenters. The normalized spacial score (nSPS) is 25.3. The van der Waals surface area contributed by atoms with Crippen LogP contribution in [0.25, 0.3) is 0 Å². The fraction of sp³-hybridized carbons (Fsp3) is 0.750. The molecule has 2 rings (SSSR count). The summed E-state index contributed by atoms with van der Waals surface area (Å²) in [5.74, 6) is -1.10. The monoisotopic (exact) mass is 261 g/mol. The van der Waals surface area contributed by atoms with Gasteiger partial charge in [0, 0.05) is 25.8 Å². The van der Waals surface area contributed by atoms with Gasteiger partial charge in [0.05, 0.1) is 11.6 Å². The molecule has 1 aromatic heterocycles. The molecule has 1 aromatic rings. The molecule has 6 heteroatoms. The van der Waals surface area contributed by atoms with E-state index in [1.807, 2.05) is 13.1 Å². The van der Waals surface area contributed by atoms with Crippen LogP contribution in [0.4, 0.5) is 13.2 Å². The Morgan fingerprint density at radius 2 is 2.00 bits per heavy atom. The van der Waals surface area contributed by atoms with E-state index in [0.717, 1.165) is 5.69 Å². The van der Waals surface area contributed by atoms with Crippen LogP contribution in [0.5, 0.6) is 0 Å². The Kier molecular flexibility index (Phi) is 3.94. The van der Waals surface area contributed by atoms with E-state index in [1.54, 1.807) is 10.9 Å². The first-order valence-corrected chi connectivity index (χ1v) is 6.24. The summed E-state index contributed by atoms with van der Waals surface area (Å²) in [6, 6.07) is 2.10. The van der Waals surface area contributed by atoms with Crippen molar-refractivity contribution in [3.63, 3.8) is 0 Å². The van der Waals surface area contributed by atoms with Gasteiger partial charge in [-0.3, -0.25) is 4.68 Å². The number of rotatable bonds is 3. The van der Waals surface area contributed by atoms with E-state index >= 15 is 0 Å². The minimum Gasteiger partial charge on any atom is -0.308 e. The van der Waals surface area contributed by atoms with Gasteiger partial charge in [-0.1, -0.05) is 0 Å².